The van der Waals surface area contributed by atoms with E-state index in [1.54, 1.807) is 6.07 Å². The summed E-state index contributed by atoms with van der Waals surface area (Å²) in [6, 6.07) is 8.34. The molecule has 0 radical (unpaired) electrons. The first kappa shape index (κ1) is 13.6. The van der Waals surface area contributed by atoms with Crippen LogP contribution in [0.5, 0.6) is 0 Å². The molecule has 2 saturated heterocycles. The zero-order valence-corrected chi connectivity index (χ0v) is 12.9. The molecule has 1 aromatic carbocycles. The molecule has 1 aliphatic carbocycles. The van der Waals surface area contributed by atoms with Gasteiger partial charge in [-0.2, -0.15) is 0 Å². The van der Waals surface area contributed by atoms with Crippen LogP contribution in [0.1, 0.15) is 36.0 Å². The molecule has 0 bridgehead atoms. The third-order valence-corrected chi connectivity index (χ3v) is 5.45. The zero-order valence-electron chi connectivity index (χ0n) is 12.2. The number of likely N-dealkylation sites (tertiary alicyclic amines) is 2. The lowest BCUT2D eigenvalue weighted by Crippen LogP contribution is -2.40. The van der Waals surface area contributed by atoms with Crippen molar-refractivity contribution < 1.29 is 4.79 Å². The van der Waals surface area contributed by atoms with E-state index in [-0.39, 0.29) is 5.91 Å². The molecule has 21 heavy (non-hydrogen) atoms. The van der Waals surface area contributed by atoms with Crippen molar-refractivity contribution in [1.82, 2.24) is 9.80 Å². The van der Waals surface area contributed by atoms with Crippen molar-refractivity contribution in [3.05, 3.63) is 34.9 Å². The molecule has 2 aliphatic heterocycles. The third-order valence-electron chi connectivity index (χ3n) is 5.21. The van der Waals surface area contributed by atoms with Crippen molar-refractivity contribution in [2.75, 3.05) is 19.6 Å². The average Bonchev–Trinajstić information content (AvgIpc) is 3.06. The molecule has 1 saturated carbocycles. The molecule has 3 fully saturated rings. The van der Waals surface area contributed by atoms with E-state index < -0.39 is 0 Å². The molecule has 4 rings (SSSR count). The van der Waals surface area contributed by atoms with Gasteiger partial charge in [0.2, 0.25) is 0 Å². The van der Waals surface area contributed by atoms with Crippen LogP contribution < -0.4 is 0 Å². The summed E-state index contributed by atoms with van der Waals surface area (Å²) >= 11 is 6.02. The topological polar surface area (TPSA) is 23.6 Å². The van der Waals surface area contributed by atoms with Crippen LogP contribution in [0, 0.1) is 5.92 Å². The quantitative estimate of drug-likeness (QED) is 0.857. The maximum Gasteiger partial charge on any atom is 0.254 e. The number of benzene rings is 1. The van der Waals surface area contributed by atoms with E-state index in [0.29, 0.717) is 17.1 Å². The van der Waals surface area contributed by atoms with Crippen LogP contribution in [0.4, 0.5) is 0 Å². The molecule has 2 heterocycles. The van der Waals surface area contributed by atoms with Gasteiger partial charge in [-0.15, -0.1) is 0 Å². The van der Waals surface area contributed by atoms with Gasteiger partial charge in [-0.3, -0.25) is 9.69 Å². The van der Waals surface area contributed by atoms with Gasteiger partial charge < -0.3 is 4.90 Å². The Hall–Kier alpha value is -1.06. The summed E-state index contributed by atoms with van der Waals surface area (Å²) in [5.41, 5.74) is 0.726. The van der Waals surface area contributed by atoms with Crippen LogP contribution in [0.3, 0.4) is 0 Å². The minimum atomic E-state index is 0.151. The smallest absolute Gasteiger partial charge is 0.254 e. The SMILES string of the molecule is O=C(c1cccc(Cl)c1)N1CC[C@@H]2[C@@H]1CCN2CC1CC1. The van der Waals surface area contributed by atoms with Gasteiger partial charge in [0.1, 0.15) is 0 Å². The van der Waals surface area contributed by atoms with E-state index in [4.69, 9.17) is 11.6 Å². The van der Waals surface area contributed by atoms with Gasteiger partial charge in [0.25, 0.3) is 5.91 Å². The van der Waals surface area contributed by atoms with Crippen LogP contribution in [-0.4, -0.2) is 47.4 Å². The summed E-state index contributed by atoms with van der Waals surface area (Å²) in [6.45, 7) is 3.30. The van der Waals surface area contributed by atoms with E-state index in [1.807, 2.05) is 18.2 Å². The van der Waals surface area contributed by atoms with Crippen LogP contribution in [0.2, 0.25) is 5.02 Å². The molecule has 3 nitrogen and oxygen atoms in total. The predicted molar refractivity (Wildman–Crippen MR) is 83.6 cm³/mol. The summed E-state index contributed by atoms with van der Waals surface area (Å²) in [5.74, 6) is 1.08. The molecule has 4 heteroatoms. The van der Waals surface area contributed by atoms with Crippen LogP contribution >= 0.6 is 11.6 Å². The summed E-state index contributed by atoms with van der Waals surface area (Å²) in [5, 5.41) is 0.637. The lowest BCUT2D eigenvalue weighted by Gasteiger charge is -2.25. The number of amides is 1. The van der Waals surface area contributed by atoms with E-state index >= 15 is 0 Å². The molecule has 0 unspecified atom stereocenters. The highest BCUT2D eigenvalue weighted by Gasteiger charge is 2.45. The van der Waals surface area contributed by atoms with Gasteiger partial charge in [-0.25, -0.2) is 0 Å². The molecule has 1 aromatic rings. The van der Waals surface area contributed by atoms with Gasteiger partial charge in [-0.05, 0) is 49.8 Å². The van der Waals surface area contributed by atoms with Crippen LogP contribution in [0.25, 0.3) is 0 Å². The summed E-state index contributed by atoms with van der Waals surface area (Å²) in [6.07, 6.45) is 5.06. The largest absolute Gasteiger partial charge is 0.334 e. The van der Waals surface area contributed by atoms with Crippen molar-refractivity contribution >= 4 is 17.5 Å². The maximum atomic E-state index is 12.7. The fraction of sp³-hybridized carbons (Fsp3) is 0.588. The zero-order chi connectivity index (χ0) is 14.4. The van der Waals surface area contributed by atoms with E-state index in [1.165, 1.54) is 19.4 Å². The lowest BCUT2D eigenvalue weighted by atomic mass is 10.1. The summed E-state index contributed by atoms with van der Waals surface area (Å²) < 4.78 is 0. The first-order valence-corrected chi connectivity index (χ1v) is 8.41. The fourth-order valence-electron chi connectivity index (χ4n) is 3.97. The second-order valence-corrected chi connectivity index (χ2v) is 7.10. The van der Waals surface area contributed by atoms with Gasteiger partial charge in [-0.1, -0.05) is 17.7 Å². The van der Waals surface area contributed by atoms with Crippen LogP contribution in [0.15, 0.2) is 24.3 Å². The van der Waals surface area contributed by atoms with E-state index in [9.17, 15) is 4.79 Å². The Morgan fingerprint density at radius 3 is 2.71 bits per heavy atom. The second-order valence-electron chi connectivity index (χ2n) is 6.66. The highest BCUT2D eigenvalue weighted by atomic mass is 35.5. The minimum Gasteiger partial charge on any atom is -0.334 e. The molecule has 112 valence electrons. The van der Waals surface area contributed by atoms with E-state index in [0.717, 1.165) is 37.4 Å². The van der Waals surface area contributed by atoms with Crippen molar-refractivity contribution in [3.63, 3.8) is 0 Å². The normalized spacial score (nSPS) is 28.9. The average molecular weight is 305 g/mol. The highest BCUT2D eigenvalue weighted by Crippen LogP contribution is 2.37. The van der Waals surface area contributed by atoms with Gasteiger partial charge in [0.15, 0.2) is 0 Å². The third kappa shape index (κ3) is 2.58. The Morgan fingerprint density at radius 2 is 1.95 bits per heavy atom. The highest BCUT2D eigenvalue weighted by molar-refractivity contribution is 6.30. The number of carbonyl (C=O) groups excluding carboxylic acids is 1. The predicted octanol–water partition coefficient (Wildman–Crippen LogP) is 3.04. The summed E-state index contributed by atoms with van der Waals surface area (Å²) in [4.78, 5) is 17.5. The Kier molecular flexibility index (Phi) is 3.43. The number of fused-ring (bicyclic) bond motifs is 1. The number of hydrogen-bond acceptors (Lipinski definition) is 2. The molecular formula is C17H21ClN2O. The number of rotatable bonds is 3. The molecular weight excluding hydrogens is 284 g/mol. The Morgan fingerprint density at radius 1 is 1.14 bits per heavy atom. The Labute approximate surface area is 130 Å². The van der Waals surface area contributed by atoms with Crippen LogP contribution in [-0.2, 0) is 0 Å². The molecule has 0 spiro atoms. The van der Waals surface area contributed by atoms with Crippen molar-refractivity contribution in [3.8, 4) is 0 Å². The molecule has 2 atom stereocenters. The van der Waals surface area contributed by atoms with Crippen molar-refractivity contribution in [2.24, 2.45) is 5.92 Å². The Bertz CT molecular complexity index is 557. The van der Waals surface area contributed by atoms with E-state index in [2.05, 4.69) is 9.80 Å². The number of carbonyl (C=O) groups is 1. The van der Waals surface area contributed by atoms with Gasteiger partial charge in [0, 0.05) is 42.3 Å². The van der Waals surface area contributed by atoms with Gasteiger partial charge >= 0.3 is 0 Å². The molecule has 3 aliphatic rings. The minimum absolute atomic E-state index is 0.151. The van der Waals surface area contributed by atoms with Crippen molar-refractivity contribution in [1.29, 1.82) is 0 Å². The summed E-state index contributed by atoms with van der Waals surface area (Å²) in [7, 11) is 0. The standard InChI is InChI=1S/C17H21ClN2O/c18-14-3-1-2-13(10-14)17(21)20-9-7-15-16(20)6-8-19(15)11-12-4-5-12/h1-3,10,12,15-16H,4-9,11H2/t15-,16+/m1/s1. The van der Waals surface area contributed by atoms with Gasteiger partial charge in [0.05, 0.1) is 0 Å². The molecule has 0 aromatic heterocycles. The fourth-order valence-corrected chi connectivity index (χ4v) is 4.16. The number of nitrogens with zero attached hydrogens (tertiary/aromatic N) is 2. The molecule has 1 amide bonds. The number of halogens is 1. The molecule has 0 N–H and O–H groups in total. The first-order valence-electron chi connectivity index (χ1n) is 8.03. The monoisotopic (exact) mass is 304 g/mol. The maximum absolute atomic E-state index is 12.7. The second kappa shape index (κ2) is 5.29. The number of hydrogen-bond donors (Lipinski definition) is 0. The van der Waals surface area contributed by atoms with Crippen molar-refractivity contribution in [2.45, 2.75) is 37.8 Å². The lowest BCUT2D eigenvalue weighted by molar-refractivity contribution is 0.0732. The Balaban J connectivity index is 1.48. The first-order chi connectivity index (χ1) is 10.2.